The van der Waals surface area contributed by atoms with E-state index in [1.165, 1.54) is 5.03 Å². The molecule has 0 spiro atoms. The second-order valence-electron chi connectivity index (χ2n) is 2.05. The summed E-state index contributed by atoms with van der Waals surface area (Å²) < 4.78 is 3.78. The summed E-state index contributed by atoms with van der Waals surface area (Å²) in [6.45, 7) is 0. The highest BCUT2D eigenvalue weighted by molar-refractivity contribution is 9.13. The van der Waals surface area contributed by atoms with E-state index in [0.29, 0.717) is 0 Å². The van der Waals surface area contributed by atoms with Crippen LogP contribution in [0.5, 0.6) is 0 Å². The minimum absolute atomic E-state index is 0.867. The lowest BCUT2D eigenvalue weighted by molar-refractivity contribution is 0.839. The van der Waals surface area contributed by atoms with E-state index in [9.17, 15) is 0 Å². The third kappa shape index (κ3) is 1.29. The van der Waals surface area contributed by atoms with Crippen LogP contribution < -0.4 is 0 Å². The second-order valence-corrected chi connectivity index (χ2v) is 4.60. The van der Waals surface area contributed by atoms with Gasteiger partial charge in [0.25, 0.3) is 0 Å². The molecule has 5 heteroatoms. The third-order valence-corrected chi connectivity index (χ3v) is 4.46. The minimum Gasteiger partial charge on any atom is -0.232 e. The van der Waals surface area contributed by atoms with Crippen molar-refractivity contribution < 1.29 is 0 Å². The fraction of sp³-hybridized carbons (Fsp3) is 0.167. The fourth-order valence-corrected chi connectivity index (χ4v) is 2.76. The average Bonchev–Trinajstić information content (AvgIpc) is 2.30. The average molecular weight is 296 g/mol. The van der Waals surface area contributed by atoms with Gasteiger partial charge in [-0.1, -0.05) is 6.08 Å². The van der Waals surface area contributed by atoms with Gasteiger partial charge in [0, 0.05) is 12.0 Å². The Labute approximate surface area is 85.3 Å². The monoisotopic (exact) mass is 294 g/mol. The van der Waals surface area contributed by atoms with Gasteiger partial charge in [-0.05, 0) is 31.9 Å². The summed E-state index contributed by atoms with van der Waals surface area (Å²) in [5, 5.41) is 5.40. The highest BCUT2D eigenvalue weighted by atomic mass is 79.9. The molecule has 0 aromatic carbocycles. The minimum atomic E-state index is 0.867. The lowest BCUT2D eigenvalue weighted by Crippen LogP contribution is -1.95. The van der Waals surface area contributed by atoms with Gasteiger partial charge in [-0.25, -0.2) is 4.68 Å². The molecule has 1 aliphatic heterocycles. The molecule has 58 valence electrons. The van der Waals surface area contributed by atoms with Crippen LogP contribution in [0.15, 0.2) is 20.2 Å². The summed E-state index contributed by atoms with van der Waals surface area (Å²) in [4.78, 5) is 0. The topological polar surface area (TPSA) is 17.8 Å². The van der Waals surface area contributed by atoms with Gasteiger partial charge >= 0.3 is 0 Å². The molecule has 0 bridgehead atoms. The summed E-state index contributed by atoms with van der Waals surface area (Å²) in [5.41, 5.74) is 0. The maximum Gasteiger partial charge on any atom is 0.143 e. The van der Waals surface area contributed by atoms with Crippen LogP contribution in [0.25, 0.3) is 6.20 Å². The van der Waals surface area contributed by atoms with E-state index in [1.807, 2.05) is 10.9 Å². The van der Waals surface area contributed by atoms with Crippen LogP contribution >= 0.6 is 43.6 Å². The predicted octanol–water partition coefficient (Wildman–Crippen LogP) is 2.98. The van der Waals surface area contributed by atoms with E-state index in [2.05, 4.69) is 43.0 Å². The van der Waals surface area contributed by atoms with Crippen molar-refractivity contribution in [2.45, 2.75) is 5.03 Å². The summed E-state index contributed by atoms with van der Waals surface area (Å²) in [7, 11) is 0. The maximum atomic E-state index is 4.23. The molecule has 0 aliphatic carbocycles. The normalized spacial score (nSPS) is 15.1. The largest absolute Gasteiger partial charge is 0.232 e. The molecular formula is C6H4Br2N2S. The molecule has 0 amide bonds. The number of fused-ring (bicyclic) bond motifs is 1. The first-order valence-electron chi connectivity index (χ1n) is 3.02. The molecule has 0 saturated carbocycles. The van der Waals surface area contributed by atoms with Crippen molar-refractivity contribution in [2.75, 3.05) is 5.75 Å². The lowest BCUT2D eigenvalue weighted by Gasteiger charge is -2.05. The molecule has 0 saturated heterocycles. The molecule has 0 fully saturated rings. The van der Waals surface area contributed by atoms with Gasteiger partial charge < -0.3 is 0 Å². The van der Waals surface area contributed by atoms with Crippen LogP contribution in [0.2, 0.25) is 0 Å². The Bertz CT molecular complexity index is 319. The number of hydrogen-bond acceptors (Lipinski definition) is 2. The van der Waals surface area contributed by atoms with Crippen molar-refractivity contribution in [3.05, 3.63) is 15.2 Å². The van der Waals surface area contributed by atoms with Crippen LogP contribution in [0.1, 0.15) is 0 Å². The Kier molecular flexibility index (Phi) is 2.12. The Morgan fingerprint density at radius 3 is 3.09 bits per heavy atom. The highest BCUT2D eigenvalue weighted by Crippen LogP contribution is 2.35. The van der Waals surface area contributed by atoms with Crippen molar-refractivity contribution in [3.8, 4) is 0 Å². The van der Waals surface area contributed by atoms with Crippen LogP contribution in [0.3, 0.4) is 0 Å². The third-order valence-electron chi connectivity index (χ3n) is 1.34. The van der Waals surface area contributed by atoms with E-state index in [-0.39, 0.29) is 0 Å². The Balaban J connectivity index is 2.61. The first-order valence-corrected chi connectivity index (χ1v) is 5.59. The number of aromatic nitrogens is 2. The molecule has 1 aliphatic rings. The van der Waals surface area contributed by atoms with Gasteiger partial charge in [0.05, 0.1) is 4.47 Å². The first-order chi connectivity index (χ1) is 5.29. The van der Waals surface area contributed by atoms with Crippen molar-refractivity contribution >= 4 is 49.8 Å². The number of nitrogens with zero attached hydrogens (tertiary/aromatic N) is 2. The van der Waals surface area contributed by atoms with Gasteiger partial charge in [-0.15, -0.1) is 11.8 Å². The van der Waals surface area contributed by atoms with E-state index < -0.39 is 0 Å². The van der Waals surface area contributed by atoms with Crippen molar-refractivity contribution in [1.29, 1.82) is 0 Å². The molecule has 11 heavy (non-hydrogen) atoms. The second kappa shape index (κ2) is 2.95. The molecule has 1 aromatic rings. The molecule has 2 heterocycles. The van der Waals surface area contributed by atoms with E-state index >= 15 is 0 Å². The summed E-state index contributed by atoms with van der Waals surface area (Å²) in [5.74, 6) is 1.02. The highest BCUT2D eigenvalue weighted by Gasteiger charge is 2.14. The molecule has 0 radical (unpaired) electrons. The Hall–Kier alpha value is 0.260. The van der Waals surface area contributed by atoms with Gasteiger partial charge in [0.2, 0.25) is 0 Å². The molecule has 1 aromatic heterocycles. The number of hydrogen-bond donors (Lipinski definition) is 0. The smallest absolute Gasteiger partial charge is 0.143 e. The Morgan fingerprint density at radius 2 is 2.36 bits per heavy atom. The van der Waals surface area contributed by atoms with Gasteiger partial charge in [-0.2, -0.15) is 5.10 Å². The number of rotatable bonds is 0. The molecule has 2 nitrogen and oxygen atoms in total. The van der Waals surface area contributed by atoms with Crippen molar-refractivity contribution in [2.24, 2.45) is 0 Å². The van der Waals surface area contributed by atoms with Crippen molar-refractivity contribution in [1.82, 2.24) is 9.78 Å². The van der Waals surface area contributed by atoms with E-state index in [1.54, 1.807) is 11.8 Å². The van der Waals surface area contributed by atoms with Crippen LogP contribution in [-0.4, -0.2) is 15.5 Å². The molecular weight excluding hydrogens is 292 g/mol. The summed E-state index contributed by atoms with van der Waals surface area (Å²) in [6, 6.07) is 0. The molecule has 0 N–H and O–H groups in total. The van der Waals surface area contributed by atoms with Crippen molar-refractivity contribution in [3.63, 3.8) is 0 Å². The predicted molar refractivity (Wildman–Crippen MR) is 53.7 cm³/mol. The zero-order valence-corrected chi connectivity index (χ0v) is 9.41. The van der Waals surface area contributed by atoms with Crippen LogP contribution in [0, 0.1) is 0 Å². The van der Waals surface area contributed by atoms with Gasteiger partial charge in [-0.3, -0.25) is 0 Å². The fourth-order valence-electron chi connectivity index (χ4n) is 0.873. The van der Waals surface area contributed by atoms with E-state index in [0.717, 1.165) is 14.8 Å². The summed E-state index contributed by atoms with van der Waals surface area (Å²) in [6.07, 6.45) is 4.06. The SMILES string of the molecule is Brc1nn2c(c1Br)SCC=C2. The lowest BCUT2D eigenvalue weighted by atomic mass is 10.6. The van der Waals surface area contributed by atoms with Gasteiger partial charge in [0.1, 0.15) is 9.63 Å². The maximum absolute atomic E-state index is 4.23. The van der Waals surface area contributed by atoms with Gasteiger partial charge in [0.15, 0.2) is 0 Å². The summed E-state index contributed by atoms with van der Waals surface area (Å²) >= 11 is 8.57. The Morgan fingerprint density at radius 1 is 1.55 bits per heavy atom. The van der Waals surface area contributed by atoms with Crippen LogP contribution in [-0.2, 0) is 0 Å². The molecule has 0 atom stereocenters. The van der Waals surface area contributed by atoms with E-state index in [4.69, 9.17) is 0 Å². The standard InChI is InChI=1S/C6H4Br2N2S/c7-4-5(8)9-10-2-1-3-11-6(4)10/h1-2H,3H2. The molecule has 0 unspecified atom stereocenters. The molecule has 2 rings (SSSR count). The zero-order chi connectivity index (χ0) is 7.84. The van der Waals surface area contributed by atoms with Crippen LogP contribution in [0.4, 0.5) is 0 Å². The quantitative estimate of drug-likeness (QED) is 0.732. The number of halogens is 2. The first kappa shape index (κ1) is 7.89. The number of thioether (sulfide) groups is 1. The zero-order valence-electron chi connectivity index (χ0n) is 5.42.